The molecule has 1 aliphatic heterocycles. The Hall–Kier alpha value is -0.130. The number of hydrogen-bond acceptors (Lipinski definition) is 3. The molecule has 0 atom stereocenters. The molecule has 1 aliphatic rings. The molecule has 0 aromatic carbocycles. The lowest BCUT2D eigenvalue weighted by atomic mass is 10.2. The molecular weight excluding hydrogens is 250 g/mol. The van der Waals surface area contributed by atoms with E-state index in [9.17, 15) is 0 Å². The summed E-state index contributed by atoms with van der Waals surface area (Å²) >= 11 is 0. The standard InChI is InChI=1S/C12H26N.CH4O3S/c1-3-5-9-13(10-6-4-2)11-7-8-12-13;1-5(2,3)4/h3-12H2,1-2H3;1H3,(H,2,3,4)/q+1;/p-1. The fourth-order valence-corrected chi connectivity index (χ4v) is 2.55. The van der Waals surface area contributed by atoms with Gasteiger partial charge in [0.2, 0.25) is 0 Å². The second kappa shape index (κ2) is 8.88. The van der Waals surface area contributed by atoms with Gasteiger partial charge in [-0.3, -0.25) is 0 Å². The van der Waals surface area contributed by atoms with Crippen LogP contribution in [-0.2, 0) is 10.1 Å². The van der Waals surface area contributed by atoms with Gasteiger partial charge in [-0.15, -0.1) is 0 Å². The summed E-state index contributed by atoms with van der Waals surface area (Å²) in [7, 11) is -3.92. The lowest BCUT2D eigenvalue weighted by Gasteiger charge is -2.34. The third-order valence-corrected chi connectivity index (χ3v) is 3.49. The van der Waals surface area contributed by atoms with Crippen LogP contribution in [0.4, 0.5) is 0 Å². The van der Waals surface area contributed by atoms with Gasteiger partial charge in [0, 0.05) is 19.1 Å². The van der Waals surface area contributed by atoms with Crippen molar-refractivity contribution in [2.45, 2.75) is 52.4 Å². The molecule has 1 saturated heterocycles. The maximum atomic E-state index is 9.08. The van der Waals surface area contributed by atoms with E-state index in [4.69, 9.17) is 13.0 Å². The molecular formula is C13H29NO3S. The van der Waals surface area contributed by atoms with Crippen LogP contribution in [0.3, 0.4) is 0 Å². The summed E-state index contributed by atoms with van der Waals surface area (Å²) in [6.07, 6.45) is 9.17. The number of nitrogens with zero attached hydrogens (tertiary/aromatic N) is 1. The molecule has 0 spiro atoms. The van der Waals surface area contributed by atoms with Gasteiger partial charge in [0.25, 0.3) is 0 Å². The first-order valence-electron chi connectivity index (χ1n) is 7.09. The summed E-state index contributed by atoms with van der Waals surface area (Å²) in [5, 5.41) is 0. The molecule has 0 N–H and O–H groups in total. The summed E-state index contributed by atoms with van der Waals surface area (Å²) in [4.78, 5) is 0. The average molecular weight is 279 g/mol. The van der Waals surface area contributed by atoms with E-state index in [-0.39, 0.29) is 0 Å². The van der Waals surface area contributed by atoms with Crippen molar-refractivity contribution in [3.05, 3.63) is 0 Å². The van der Waals surface area contributed by atoms with E-state index in [0.29, 0.717) is 6.26 Å². The van der Waals surface area contributed by atoms with Crippen molar-refractivity contribution in [2.75, 3.05) is 32.4 Å². The van der Waals surface area contributed by atoms with Crippen LogP contribution >= 0.6 is 0 Å². The molecule has 0 aromatic heterocycles. The second-order valence-electron chi connectivity index (χ2n) is 5.35. The maximum absolute atomic E-state index is 9.08. The number of hydrogen-bond donors (Lipinski definition) is 0. The van der Waals surface area contributed by atoms with Gasteiger partial charge >= 0.3 is 0 Å². The number of rotatable bonds is 6. The van der Waals surface area contributed by atoms with Crippen molar-refractivity contribution < 1.29 is 17.5 Å². The van der Waals surface area contributed by atoms with Crippen molar-refractivity contribution in [1.29, 1.82) is 0 Å². The van der Waals surface area contributed by atoms with E-state index < -0.39 is 10.1 Å². The van der Waals surface area contributed by atoms with E-state index in [1.807, 2.05) is 0 Å². The summed E-state index contributed by atoms with van der Waals surface area (Å²) < 4.78 is 28.7. The highest BCUT2D eigenvalue weighted by atomic mass is 32.2. The first kappa shape index (κ1) is 17.9. The molecule has 18 heavy (non-hydrogen) atoms. The minimum Gasteiger partial charge on any atom is -0.748 e. The van der Waals surface area contributed by atoms with Gasteiger partial charge < -0.3 is 9.04 Å². The Labute approximate surface area is 113 Å². The molecule has 5 heteroatoms. The molecule has 110 valence electrons. The van der Waals surface area contributed by atoms with Gasteiger partial charge in [0.1, 0.15) is 0 Å². The molecule has 1 rings (SSSR count). The highest BCUT2D eigenvalue weighted by molar-refractivity contribution is 7.84. The number of quaternary nitrogens is 1. The number of unbranched alkanes of at least 4 members (excludes halogenated alkanes) is 2. The molecule has 0 radical (unpaired) electrons. The molecule has 4 nitrogen and oxygen atoms in total. The number of likely N-dealkylation sites (tertiary alicyclic amines) is 1. The van der Waals surface area contributed by atoms with Crippen molar-refractivity contribution in [2.24, 2.45) is 0 Å². The Bertz CT molecular complexity index is 277. The summed E-state index contributed by atoms with van der Waals surface area (Å²) in [5.74, 6) is 0. The quantitative estimate of drug-likeness (QED) is 0.554. The SMILES string of the molecule is CCCC[N+]1(CCCC)CCCC1.CS(=O)(=O)[O-]. The molecule has 0 unspecified atom stereocenters. The highest BCUT2D eigenvalue weighted by Gasteiger charge is 2.29. The van der Waals surface area contributed by atoms with E-state index in [2.05, 4.69) is 13.8 Å². The zero-order valence-electron chi connectivity index (χ0n) is 12.2. The van der Waals surface area contributed by atoms with E-state index in [0.717, 1.165) is 0 Å². The first-order chi connectivity index (χ1) is 8.33. The fourth-order valence-electron chi connectivity index (χ4n) is 2.55. The second-order valence-corrected chi connectivity index (χ2v) is 6.76. The van der Waals surface area contributed by atoms with Gasteiger partial charge in [-0.1, -0.05) is 26.7 Å². The van der Waals surface area contributed by atoms with Crippen LogP contribution in [0.2, 0.25) is 0 Å². The van der Waals surface area contributed by atoms with Crippen LogP contribution in [0.15, 0.2) is 0 Å². The highest BCUT2D eigenvalue weighted by Crippen LogP contribution is 2.21. The van der Waals surface area contributed by atoms with Crippen LogP contribution in [-0.4, -0.2) is 49.9 Å². The van der Waals surface area contributed by atoms with Gasteiger partial charge in [0.15, 0.2) is 0 Å². The summed E-state index contributed by atoms with van der Waals surface area (Å²) in [6.45, 7) is 10.5. The van der Waals surface area contributed by atoms with Crippen LogP contribution < -0.4 is 0 Å². The minimum absolute atomic E-state index is 0.604. The van der Waals surface area contributed by atoms with Crippen LogP contribution in [0.1, 0.15) is 52.4 Å². The average Bonchev–Trinajstić information content (AvgIpc) is 2.71. The van der Waals surface area contributed by atoms with Crippen LogP contribution in [0.5, 0.6) is 0 Å². The Morgan fingerprint density at radius 3 is 1.61 bits per heavy atom. The van der Waals surface area contributed by atoms with E-state index >= 15 is 0 Å². The first-order valence-corrected chi connectivity index (χ1v) is 8.90. The minimum atomic E-state index is -3.92. The van der Waals surface area contributed by atoms with Crippen LogP contribution in [0.25, 0.3) is 0 Å². The van der Waals surface area contributed by atoms with E-state index in [1.165, 1.54) is 69.2 Å². The van der Waals surface area contributed by atoms with Crippen molar-refractivity contribution in [3.8, 4) is 0 Å². The maximum Gasteiger partial charge on any atom is 0.0916 e. The monoisotopic (exact) mass is 279 g/mol. The molecule has 0 amide bonds. The van der Waals surface area contributed by atoms with Crippen molar-refractivity contribution >= 4 is 10.1 Å². The predicted octanol–water partition coefficient (Wildman–Crippen LogP) is 2.36. The Balaban J connectivity index is 0.000000494. The van der Waals surface area contributed by atoms with Crippen molar-refractivity contribution in [1.82, 2.24) is 0 Å². The van der Waals surface area contributed by atoms with Gasteiger partial charge in [-0.25, -0.2) is 8.42 Å². The molecule has 1 fully saturated rings. The summed E-state index contributed by atoms with van der Waals surface area (Å²) in [6, 6.07) is 0. The molecule has 0 saturated carbocycles. The predicted molar refractivity (Wildman–Crippen MR) is 74.4 cm³/mol. The van der Waals surface area contributed by atoms with Crippen molar-refractivity contribution in [3.63, 3.8) is 0 Å². The molecule has 0 aliphatic carbocycles. The van der Waals surface area contributed by atoms with Gasteiger partial charge in [-0.2, -0.15) is 0 Å². The molecule has 1 heterocycles. The van der Waals surface area contributed by atoms with Gasteiger partial charge in [0.05, 0.1) is 36.3 Å². The molecule has 0 aromatic rings. The smallest absolute Gasteiger partial charge is 0.0916 e. The van der Waals surface area contributed by atoms with Crippen LogP contribution in [0, 0.1) is 0 Å². The Morgan fingerprint density at radius 1 is 1.00 bits per heavy atom. The topological polar surface area (TPSA) is 57.2 Å². The summed E-state index contributed by atoms with van der Waals surface area (Å²) in [5.41, 5.74) is 0. The van der Waals surface area contributed by atoms with Gasteiger partial charge in [-0.05, 0) is 12.8 Å². The third kappa shape index (κ3) is 9.85. The Morgan fingerprint density at radius 2 is 1.33 bits per heavy atom. The zero-order valence-corrected chi connectivity index (χ0v) is 13.0. The zero-order chi connectivity index (χ0) is 14.1. The van der Waals surface area contributed by atoms with E-state index in [1.54, 1.807) is 0 Å². The Kier molecular flexibility index (Phi) is 8.82. The lowest BCUT2D eigenvalue weighted by molar-refractivity contribution is -0.917. The molecule has 0 bridgehead atoms. The normalized spacial score (nSPS) is 18.2. The largest absolute Gasteiger partial charge is 0.748 e. The third-order valence-electron chi connectivity index (χ3n) is 3.49. The fraction of sp³-hybridized carbons (Fsp3) is 1.00. The lowest BCUT2D eigenvalue weighted by Crippen LogP contribution is -2.46.